The molecule has 3 atom stereocenters. The zero-order valence-electron chi connectivity index (χ0n) is 11.6. The molecule has 1 heterocycles. The van der Waals surface area contributed by atoms with Crippen LogP contribution in [-0.4, -0.2) is 29.8 Å². The van der Waals surface area contributed by atoms with Gasteiger partial charge in [-0.15, -0.1) is 11.8 Å². The van der Waals surface area contributed by atoms with Crippen LogP contribution < -0.4 is 0 Å². The summed E-state index contributed by atoms with van der Waals surface area (Å²) in [6.07, 6.45) is 0.630. The van der Waals surface area contributed by atoms with E-state index in [-0.39, 0.29) is 11.7 Å². The molecular weight excluding hydrogens is 310 g/mol. The van der Waals surface area contributed by atoms with E-state index in [0.717, 1.165) is 16.3 Å². The quantitative estimate of drug-likeness (QED) is 0.588. The van der Waals surface area contributed by atoms with E-state index in [1.807, 2.05) is 13.0 Å². The number of thioether (sulfide) groups is 1. The van der Waals surface area contributed by atoms with Gasteiger partial charge in [-0.3, -0.25) is 14.6 Å². The molecule has 0 bridgehead atoms. The lowest BCUT2D eigenvalue weighted by Crippen LogP contribution is -2.46. The van der Waals surface area contributed by atoms with Crippen LogP contribution in [0.4, 0.5) is 5.69 Å². The molecule has 1 aliphatic carbocycles. The minimum atomic E-state index is -0.702. The number of hydrogen-bond acceptors (Lipinski definition) is 5. The smallest absolute Gasteiger partial charge is 0.316 e. The number of Topliss-reactive ketones (excluding diaryl/α,β-unsaturated/α-hetero) is 1. The number of hydrogen-bond donors (Lipinski definition) is 0. The van der Waals surface area contributed by atoms with Crippen molar-refractivity contribution in [3.8, 4) is 0 Å². The number of carbonyl (C=O) groups excluding carboxylic acids is 2. The molecule has 1 fully saturated rings. The Kier molecular flexibility index (Phi) is 3.80. The zero-order valence-corrected chi connectivity index (χ0v) is 13.2. The fourth-order valence-corrected chi connectivity index (χ4v) is 4.29. The van der Waals surface area contributed by atoms with Gasteiger partial charge in [0.05, 0.1) is 12.8 Å². The minimum absolute atomic E-state index is 0.0885. The highest BCUT2D eigenvalue weighted by atomic mass is 35.5. The molecule has 0 N–H and O–H groups in total. The van der Waals surface area contributed by atoms with Gasteiger partial charge in [-0.1, -0.05) is 18.5 Å². The summed E-state index contributed by atoms with van der Waals surface area (Å²) < 4.78 is 4.77. The summed E-state index contributed by atoms with van der Waals surface area (Å²) in [5.41, 5.74) is 1.68. The molecule has 1 aromatic rings. The number of carbonyl (C=O) groups is 2. The van der Waals surface area contributed by atoms with Crippen LogP contribution in [0.15, 0.2) is 28.1 Å². The molecule has 21 heavy (non-hydrogen) atoms. The number of aliphatic imine (C=N–C) groups is 1. The van der Waals surface area contributed by atoms with E-state index in [1.54, 1.807) is 12.1 Å². The first-order valence-corrected chi connectivity index (χ1v) is 7.92. The molecule has 6 heteroatoms. The number of fused-ring (bicyclic) bond motifs is 2. The van der Waals surface area contributed by atoms with Crippen molar-refractivity contribution >= 4 is 46.5 Å². The number of rotatable bonds is 1. The van der Waals surface area contributed by atoms with Gasteiger partial charge < -0.3 is 4.74 Å². The second-order valence-electron chi connectivity index (χ2n) is 5.30. The molecule has 1 saturated carbocycles. The Hall–Kier alpha value is -1.33. The average Bonchev–Trinajstić information content (AvgIpc) is 2.45. The van der Waals surface area contributed by atoms with E-state index in [4.69, 9.17) is 16.3 Å². The number of halogens is 1. The van der Waals surface area contributed by atoms with Crippen molar-refractivity contribution in [2.75, 3.05) is 7.11 Å². The number of esters is 1. The summed E-state index contributed by atoms with van der Waals surface area (Å²) in [7, 11) is 1.31. The van der Waals surface area contributed by atoms with Crippen molar-refractivity contribution in [2.24, 2.45) is 16.8 Å². The maximum Gasteiger partial charge on any atom is 0.316 e. The van der Waals surface area contributed by atoms with Gasteiger partial charge in [0.2, 0.25) is 0 Å². The highest BCUT2D eigenvalue weighted by Gasteiger charge is 2.46. The number of benzene rings is 1. The van der Waals surface area contributed by atoms with Gasteiger partial charge in [0.25, 0.3) is 0 Å². The highest BCUT2D eigenvalue weighted by Crippen LogP contribution is 2.44. The first kappa shape index (κ1) is 14.6. The fourth-order valence-electron chi connectivity index (χ4n) is 2.82. The minimum Gasteiger partial charge on any atom is -0.468 e. The van der Waals surface area contributed by atoms with Crippen molar-refractivity contribution in [1.82, 2.24) is 0 Å². The number of nitrogens with zero attached hydrogens (tertiary/aromatic N) is 1. The van der Waals surface area contributed by atoms with Gasteiger partial charge >= 0.3 is 5.97 Å². The van der Waals surface area contributed by atoms with Gasteiger partial charge in [-0.2, -0.15) is 0 Å². The predicted molar refractivity (Wildman–Crippen MR) is 82.5 cm³/mol. The maximum absolute atomic E-state index is 12.6. The van der Waals surface area contributed by atoms with Crippen LogP contribution in [-0.2, 0) is 14.3 Å². The molecule has 1 aromatic carbocycles. The lowest BCUT2D eigenvalue weighted by molar-refractivity contribution is -0.151. The average molecular weight is 324 g/mol. The monoisotopic (exact) mass is 323 g/mol. The van der Waals surface area contributed by atoms with Crippen LogP contribution in [0.1, 0.15) is 13.3 Å². The third-order valence-corrected chi connectivity index (χ3v) is 5.41. The normalized spacial score (nSPS) is 27.5. The van der Waals surface area contributed by atoms with E-state index in [9.17, 15) is 9.59 Å². The molecule has 3 rings (SSSR count). The fraction of sp³-hybridized carbons (Fsp3) is 0.400. The highest BCUT2D eigenvalue weighted by molar-refractivity contribution is 8.01. The third-order valence-electron chi connectivity index (χ3n) is 3.85. The van der Waals surface area contributed by atoms with E-state index >= 15 is 0 Å². The number of ketones is 1. The SMILES string of the molecule is COC(=O)C1C(=O)C2Sc3cc(Cl)ccc3N=C2CC1C. The lowest BCUT2D eigenvalue weighted by atomic mass is 9.78. The van der Waals surface area contributed by atoms with Gasteiger partial charge in [-0.25, -0.2) is 0 Å². The Morgan fingerprint density at radius 2 is 2.24 bits per heavy atom. The van der Waals surface area contributed by atoms with E-state index in [1.165, 1.54) is 18.9 Å². The molecule has 0 radical (unpaired) electrons. The molecular formula is C15H14ClNO3S. The Balaban J connectivity index is 1.98. The van der Waals surface area contributed by atoms with Gasteiger partial charge in [0, 0.05) is 15.6 Å². The summed E-state index contributed by atoms with van der Waals surface area (Å²) in [6, 6.07) is 5.45. The zero-order chi connectivity index (χ0) is 15.1. The van der Waals surface area contributed by atoms with E-state index in [0.29, 0.717) is 11.4 Å². The van der Waals surface area contributed by atoms with Crippen molar-refractivity contribution in [3.63, 3.8) is 0 Å². The van der Waals surface area contributed by atoms with Crippen LogP contribution in [0.3, 0.4) is 0 Å². The Labute approximate surface area is 131 Å². The first-order chi connectivity index (χ1) is 10.0. The molecule has 1 aliphatic heterocycles. The van der Waals surface area contributed by atoms with Gasteiger partial charge in [0.15, 0.2) is 5.78 Å². The van der Waals surface area contributed by atoms with E-state index < -0.39 is 17.1 Å². The number of ether oxygens (including phenoxy) is 1. The maximum atomic E-state index is 12.6. The molecule has 4 nitrogen and oxygen atoms in total. The Bertz CT molecular complexity index is 658. The van der Waals surface area contributed by atoms with Crippen LogP contribution >= 0.6 is 23.4 Å². The van der Waals surface area contributed by atoms with Crippen molar-refractivity contribution in [1.29, 1.82) is 0 Å². The first-order valence-electron chi connectivity index (χ1n) is 6.66. The summed E-state index contributed by atoms with van der Waals surface area (Å²) >= 11 is 7.42. The summed E-state index contributed by atoms with van der Waals surface area (Å²) in [6.45, 7) is 1.89. The van der Waals surface area contributed by atoms with Crippen molar-refractivity contribution < 1.29 is 14.3 Å². The third kappa shape index (κ3) is 2.49. The Morgan fingerprint density at radius 1 is 1.48 bits per heavy atom. The second kappa shape index (κ2) is 5.46. The summed E-state index contributed by atoms with van der Waals surface area (Å²) in [4.78, 5) is 29.9. The lowest BCUT2D eigenvalue weighted by Gasteiger charge is -2.34. The molecule has 110 valence electrons. The second-order valence-corrected chi connectivity index (χ2v) is 6.88. The molecule has 0 amide bonds. The largest absolute Gasteiger partial charge is 0.468 e. The van der Waals surface area contributed by atoms with E-state index in [2.05, 4.69) is 4.99 Å². The van der Waals surface area contributed by atoms with Crippen molar-refractivity contribution in [3.05, 3.63) is 23.2 Å². The molecule has 0 saturated heterocycles. The topological polar surface area (TPSA) is 55.7 Å². The summed E-state index contributed by atoms with van der Waals surface area (Å²) in [5, 5.41) is 0.206. The van der Waals surface area contributed by atoms with Gasteiger partial charge in [0.1, 0.15) is 11.2 Å². The predicted octanol–water partition coefficient (Wildman–Crippen LogP) is 3.28. The molecule has 3 unspecified atom stereocenters. The molecule has 0 aromatic heterocycles. The Morgan fingerprint density at radius 3 is 2.95 bits per heavy atom. The van der Waals surface area contributed by atoms with Gasteiger partial charge in [-0.05, 0) is 30.5 Å². The van der Waals surface area contributed by atoms with Crippen LogP contribution in [0, 0.1) is 11.8 Å². The van der Waals surface area contributed by atoms with Crippen LogP contribution in [0.25, 0.3) is 0 Å². The van der Waals surface area contributed by atoms with Crippen LogP contribution in [0.5, 0.6) is 0 Å². The van der Waals surface area contributed by atoms with Crippen LogP contribution in [0.2, 0.25) is 5.02 Å². The molecule has 0 spiro atoms. The van der Waals surface area contributed by atoms with Crippen molar-refractivity contribution in [2.45, 2.75) is 23.5 Å². The molecule has 2 aliphatic rings. The summed E-state index contributed by atoms with van der Waals surface area (Å²) in [5.74, 6) is -1.36. The number of methoxy groups -OCH3 is 1. The standard InChI is InChI=1S/C15H14ClNO3S/c1-7-5-10-14(13(18)12(7)15(19)20-2)21-11-6-8(16)3-4-9(11)17-10/h3-4,6-7,12,14H,5H2,1-2H3.